The lowest BCUT2D eigenvalue weighted by molar-refractivity contribution is -0.377. The highest BCUT2D eigenvalue weighted by Gasteiger charge is 2.39. The van der Waals surface area contributed by atoms with Gasteiger partial charge in [-0.3, -0.25) is 0 Å². The van der Waals surface area contributed by atoms with E-state index in [0.717, 1.165) is 11.1 Å². The van der Waals surface area contributed by atoms with Gasteiger partial charge in [0, 0.05) is 12.1 Å². The van der Waals surface area contributed by atoms with Crippen molar-refractivity contribution in [3.63, 3.8) is 0 Å². The van der Waals surface area contributed by atoms with Gasteiger partial charge in [0.25, 0.3) is 0 Å². The first kappa shape index (κ1) is 24.7. The number of fused-ring (bicyclic) bond motifs is 1. The zero-order chi connectivity index (χ0) is 25.7. The number of quaternary nitrogens is 1. The van der Waals surface area contributed by atoms with Gasteiger partial charge in [0.1, 0.15) is 9.79 Å². The van der Waals surface area contributed by atoms with Gasteiger partial charge in [0.05, 0.1) is 28.4 Å². The Kier molecular flexibility index (Phi) is 6.26. The number of aromatic nitrogens is 5. The molecule has 2 aromatic carbocycles. The second kappa shape index (κ2) is 9.13. The van der Waals surface area contributed by atoms with E-state index in [0.29, 0.717) is 41.2 Å². The van der Waals surface area contributed by atoms with Gasteiger partial charge in [-0.1, -0.05) is 36.0 Å². The van der Waals surface area contributed by atoms with Gasteiger partial charge in [0.15, 0.2) is 5.13 Å². The van der Waals surface area contributed by atoms with Crippen LogP contribution in [0.25, 0.3) is 32.7 Å². The van der Waals surface area contributed by atoms with Gasteiger partial charge in [-0.05, 0) is 35.8 Å². The summed E-state index contributed by atoms with van der Waals surface area (Å²) in [6.45, 7) is 0.607. The Hall–Kier alpha value is -3.02. The van der Waals surface area contributed by atoms with Crippen molar-refractivity contribution in [2.45, 2.75) is 35.1 Å². The number of nitrogens with zero attached hydrogens (tertiary/aromatic N) is 5. The highest BCUT2D eigenvalue weighted by atomic mass is 32.2. The van der Waals surface area contributed by atoms with E-state index >= 15 is 0 Å². The van der Waals surface area contributed by atoms with Crippen molar-refractivity contribution in [1.82, 2.24) is 29.9 Å². The highest BCUT2D eigenvalue weighted by molar-refractivity contribution is 7.92. The third kappa shape index (κ3) is 4.14. The van der Waals surface area contributed by atoms with Crippen molar-refractivity contribution < 1.29 is 22.6 Å². The fourth-order valence-corrected chi connectivity index (χ4v) is 8.71. The van der Waals surface area contributed by atoms with Gasteiger partial charge in [-0.25, -0.2) is 27.0 Å². The molecular formula is C20H24N9O4S3+. The molecule has 16 heteroatoms. The molecule has 0 saturated carbocycles. The molecule has 0 bridgehead atoms. The van der Waals surface area contributed by atoms with Crippen LogP contribution in [-0.2, 0) is 20.0 Å². The predicted octanol–water partition coefficient (Wildman–Crippen LogP) is 0.158. The van der Waals surface area contributed by atoms with Crippen molar-refractivity contribution in [1.29, 1.82) is 0 Å². The molecule has 1 aliphatic heterocycles. The number of H-pyrrole nitrogens is 1. The quantitative estimate of drug-likeness (QED) is 0.256. The lowest BCUT2D eigenvalue weighted by Crippen LogP contribution is -2.61. The van der Waals surface area contributed by atoms with Gasteiger partial charge < -0.3 is 11.5 Å². The van der Waals surface area contributed by atoms with E-state index in [1.165, 1.54) is 27.8 Å². The lowest BCUT2D eigenvalue weighted by atomic mass is 9.98. The van der Waals surface area contributed by atoms with Gasteiger partial charge in [-0.15, -0.1) is 10.2 Å². The number of nitrogens with one attached hydrogen (secondary N) is 1. The Labute approximate surface area is 210 Å². The van der Waals surface area contributed by atoms with E-state index in [9.17, 15) is 16.8 Å². The molecule has 2 aromatic heterocycles. The molecule has 0 aliphatic carbocycles. The summed E-state index contributed by atoms with van der Waals surface area (Å²) >= 11 is 1.27. The minimum Gasteiger partial charge on any atom is -0.375 e. The summed E-state index contributed by atoms with van der Waals surface area (Å²) in [5, 5.41) is 19.8. The molecule has 1 saturated heterocycles. The average molecular weight is 551 g/mol. The van der Waals surface area contributed by atoms with Crippen LogP contribution in [0.15, 0.2) is 40.1 Å². The molecule has 4 aromatic rings. The first-order valence-electron chi connectivity index (χ1n) is 11.0. The van der Waals surface area contributed by atoms with Crippen molar-refractivity contribution in [3.8, 4) is 22.5 Å². The Morgan fingerprint density at radius 1 is 1.14 bits per heavy atom. The highest BCUT2D eigenvalue weighted by Crippen LogP contribution is 2.42. The van der Waals surface area contributed by atoms with Crippen LogP contribution < -0.4 is 16.6 Å². The van der Waals surface area contributed by atoms with Gasteiger partial charge in [0.2, 0.25) is 25.9 Å². The van der Waals surface area contributed by atoms with Crippen LogP contribution in [0.4, 0.5) is 5.13 Å². The molecule has 5 rings (SSSR count). The molecule has 1 atom stereocenters. The van der Waals surface area contributed by atoms with Crippen LogP contribution in [0.1, 0.15) is 19.3 Å². The summed E-state index contributed by atoms with van der Waals surface area (Å²) in [6, 6.07) is 7.75. The Morgan fingerprint density at radius 2 is 1.94 bits per heavy atom. The third-order valence-electron chi connectivity index (χ3n) is 6.19. The Balaban J connectivity index is 1.86. The number of sulfonamides is 2. The van der Waals surface area contributed by atoms with Crippen molar-refractivity contribution >= 4 is 46.7 Å². The first-order chi connectivity index (χ1) is 17.1. The SMILES string of the molecule is Nc1nc2c(-c3ccc(S(=O)(=O)N4CCCCC4C[NH3+])c(S(N)(=O)=O)c3-c3nn[nH]n3)cccc2s1. The van der Waals surface area contributed by atoms with Crippen LogP contribution in [0.2, 0.25) is 0 Å². The summed E-state index contributed by atoms with van der Waals surface area (Å²) in [4.78, 5) is 3.34. The van der Waals surface area contributed by atoms with Gasteiger partial charge >= 0.3 is 0 Å². The number of piperidine rings is 1. The molecule has 1 unspecified atom stereocenters. The standard InChI is InChI=1S/C20H23N9O4S3/c21-10-11-4-1-2-9-29(11)36(32,33)15-8-7-12(13-5-3-6-14-17(13)24-20(22)34-14)16(18(15)35(23,30)31)19-25-27-28-26-19/h3,5-8,11H,1-2,4,9-10,21H2,(H2,22,24)(H2,23,30,31)(H,25,26,27,28)/p+1. The maximum absolute atomic E-state index is 13.9. The number of benzene rings is 2. The molecule has 0 amide bonds. The lowest BCUT2D eigenvalue weighted by Gasteiger charge is -2.33. The summed E-state index contributed by atoms with van der Waals surface area (Å²) in [7, 11) is -8.87. The molecule has 1 fully saturated rings. The molecule has 13 nitrogen and oxygen atoms in total. The molecule has 8 N–H and O–H groups in total. The number of hydrogen-bond acceptors (Lipinski definition) is 10. The number of para-hydroxylation sites is 1. The maximum atomic E-state index is 13.9. The van der Waals surface area contributed by atoms with Crippen molar-refractivity contribution in [3.05, 3.63) is 30.3 Å². The molecule has 36 heavy (non-hydrogen) atoms. The predicted molar refractivity (Wildman–Crippen MR) is 133 cm³/mol. The van der Waals surface area contributed by atoms with E-state index in [-0.39, 0.29) is 24.0 Å². The van der Waals surface area contributed by atoms with Crippen LogP contribution in [-0.4, -0.2) is 65.9 Å². The fraction of sp³-hybridized carbons (Fsp3) is 0.300. The van der Waals surface area contributed by atoms with Crippen LogP contribution >= 0.6 is 11.3 Å². The summed E-state index contributed by atoms with van der Waals surface area (Å²) < 4.78 is 56.0. The number of tetrazole rings is 1. The number of thiazole rings is 1. The van der Waals surface area contributed by atoms with E-state index in [4.69, 9.17) is 10.9 Å². The van der Waals surface area contributed by atoms with E-state index < -0.39 is 29.8 Å². The van der Waals surface area contributed by atoms with E-state index in [2.05, 4.69) is 31.3 Å². The molecule has 0 spiro atoms. The van der Waals surface area contributed by atoms with E-state index in [1.54, 1.807) is 12.1 Å². The second-order valence-corrected chi connectivity index (χ2v) is 12.8. The maximum Gasteiger partial charge on any atom is 0.244 e. The molecule has 190 valence electrons. The topological polar surface area (TPSA) is 219 Å². The number of anilines is 1. The number of nitrogen functional groups attached to an aromatic ring is 1. The molecule has 0 radical (unpaired) electrons. The normalized spacial score (nSPS) is 17.6. The smallest absolute Gasteiger partial charge is 0.244 e. The molecule has 1 aliphatic rings. The summed E-state index contributed by atoms with van der Waals surface area (Å²) in [5.41, 5.74) is 11.1. The minimum absolute atomic E-state index is 0.0884. The number of rotatable bonds is 6. The van der Waals surface area contributed by atoms with Gasteiger partial charge in [-0.2, -0.15) is 9.52 Å². The van der Waals surface area contributed by atoms with Crippen LogP contribution in [0.3, 0.4) is 0 Å². The average Bonchev–Trinajstić information content (AvgIpc) is 3.51. The third-order valence-corrected chi connectivity index (χ3v) is 10.2. The number of aromatic amines is 1. The largest absolute Gasteiger partial charge is 0.375 e. The first-order valence-corrected chi connectivity index (χ1v) is 14.8. The van der Waals surface area contributed by atoms with Crippen molar-refractivity contribution in [2.24, 2.45) is 5.14 Å². The van der Waals surface area contributed by atoms with E-state index in [1.807, 2.05) is 6.07 Å². The minimum atomic E-state index is -4.60. The number of nitrogens with two attached hydrogens (primary N) is 2. The Morgan fingerprint density at radius 3 is 2.64 bits per heavy atom. The summed E-state index contributed by atoms with van der Waals surface area (Å²) in [6.07, 6.45) is 2.15. The summed E-state index contributed by atoms with van der Waals surface area (Å²) in [5.74, 6) is -0.126. The molecule has 3 heterocycles. The van der Waals surface area contributed by atoms with Crippen LogP contribution in [0, 0.1) is 0 Å². The Bertz CT molecular complexity index is 1650. The zero-order valence-corrected chi connectivity index (χ0v) is 21.4. The number of primary sulfonamides is 1. The van der Waals surface area contributed by atoms with Crippen molar-refractivity contribution in [2.75, 3.05) is 18.8 Å². The monoisotopic (exact) mass is 550 g/mol. The number of hydrogen-bond donors (Lipinski definition) is 4. The molecular weight excluding hydrogens is 526 g/mol. The fourth-order valence-electron chi connectivity index (χ4n) is 4.65. The van der Waals surface area contributed by atoms with Crippen LogP contribution in [0.5, 0.6) is 0 Å². The second-order valence-electron chi connectivity index (χ2n) is 8.35. The zero-order valence-electron chi connectivity index (χ0n) is 19.0.